The Kier molecular flexibility index (Phi) is 2.39. The molecule has 2 aliphatic rings. The van der Waals surface area contributed by atoms with Crippen LogP contribution in [0.1, 0.15) is 5.56 Å². The standard InChI is InChI=1S/C19H12N2O2/c1-11-18-17(22-15-8-4-3-7-13(15)21-18)10-14-19(11)23-16-9-5-2-6-12(16)20-14/h2-10H,1H3. The first-order chi connectivity index (χ1) is 11.3. The summed E-state index contributed by atoms with van der Waals surface area (Å²) in [5.41, 5.74) is 2.59. The van der Waals surface area contributed by atoms with Crippen molar-refractivity contribution in [3.05, 3.63) is 70.9 Å². The Labute approximate surface area is 132 Å². The van der Waals surface area contributed by atoms with Crippen LogP contribution >= 0.6 is 0 Å². The fourth-order valence-electron chi connectivity index (χ4n) is 2.92. The summed E-state index contributed by atoms with van der Waals surface area (Å²) in [5, 5.41) is 1.58. The van der Waals surface area contributed by atoms with Crippen molar-refractivity contribution in [2.45, 2.75) is 6.92 Å². The van der Waals surface area contributed by atoms with E-state index in [1.54, 1.807) is 0 Å². The van der Waals surface area contributed by atoms with Gasteiger partial charge in [0.05, 0.1) is 0 Å². The SMILES string of the molecule is Cc1c2c(cc3c1=Nc1ccccc1O3)=Nc1ccccc1O2. The fraction of sp³-hybridized carbons (Fsp3) is 0.0526. The molecule has 0 aromatic heterocycles. The van der Waals surface area contributed by atoms with E-state index in [0.29, 0.717) is 5.75 Å². The van der Waals surface area contributed by atoms with Crippen molar-refractivity contribution in [2.75, 3.05) is 0 Å². The van der Waals surface area contributed by atoms with E-state index in [-0.39, 0.29) is 0 Å². The third-order valence-electron chi connectivity index (χ3n) is 4.07. The second-order valence-electron chi connectivity index (χ2n) is 5.56. The smallest absolute Gasteiger partial charge is 0.158 e. The van der Waals surface area contributed by atoms with Gasteiger partial charge in [0.1, 0.15) is 22.1 Å². The van der Waals surface area contributed by atoms with E-state index in [9.17, 15) is 0 Å². The maximum atomic E-state index is 6.05. The molecule has 0 amide bonds. The first-order valence-electron chi connectivity index (χ1n) is 7.44. The van der Waals surface area contributed by atoms with Gasteiger partial charge in [0.25, 0.3) is 0 Å². The van der Waals surface area contributed by atoms with Crippen LogP contribution in [0, 0.1) is 6.92 Å². The Morgan fingerprint density at radius 3 is 2.17 bits per heavy atom. The summed E-state index contributed by atoms with van der Waals surface area (Å²) in [6.07, 6.45) is 0. The average molecular weight is 300 g/mol. The molecule has 0 spiro atoms. The maximum Gasteiger partial charge on any atom is 0.158 e. The molecular formula is C19H12N2O2. The zero-order valence-corrected chi connectivity index (χ0v) is 12.4. The summed E-state index contributed by atoms with van der Waals surface area (Å²) in [6.45, 7) is 1.99. The zero-order valence-electron chi connectivity index (χ0n) is 12.4. The van der Waals surface area contributed by atoms with Crippen LogP contribution < -0.4 is 20.2 Å². The molecule has 23 heavy (non-hydrogen) atoms. The summed E-state index contributed by atoms with van der Waals surface area (Å²) in [6, 6.07) is 17.4. The van der Waals surface area contributed by atoms with Gasteiger partial charge in [-0.3, -0.25) is 0 Å². The molecule has 4 heteroatoms. The van der Waals surface area contributed by atoms with Gasteiger partial charge in [0.15, 0.2) is 23.0 Å². The predicted molar refractivity (Wildman–Crippen MR) is 85.8 cm³/mol. The molecule has 2 heterocycles. The lowest BCUT2D eigenvalue weighted by Gasteiger charge is -2.19. The maximum absolute atomic E-state index is 6.05. The summed E-state index contributed by atoms with van der Waals surface area (Å²) >= 11 is 0. The highest BCUT2D eigenvalue weighted by Crippen LogP contribution is 2.37. The van der Waals surface area contributed by atoms with E-state index in [4.69, 9.17) is 14.5 Å². The average Bonchev–Trinajstić information content (AvgIpc) is 2.59. The minimum absolute atomic E-state index is 0.715. The molecule has 0 aliphatic carbocycles. The van der Waals surface area contributed by atoms with Gasteiger partial charge in [-0.25, -0.2) is 9.98 Å². The van der Waals surface area contributed by atoms with Crippen LogP contribution in [0.4, 0.5) is 11.4 Å². The minimum atomic E-state index is 0.715. The van der Waals surface area contributed by atoms with Crippen molar-refractivity contribution in [3.63, 3.8) is 0 Å². The van der Waals surface area contributed by atoms with Crippen molar-refractivity contribution >= 4 is 11.4 Å². The van der Waals surface area contributed by atoms with Crippen LogP contribution in [0.15, 0.2) is 64.6 Å². The number of nitrogens with zero attached hydrogens (tertiary/aromatic N) is 2. The number of para-hydroxylation sites is 4. The summed E-state index contributed by atoms with van der Waals surface area (Å²) in [4.78, 5) is 9.41. The quantitative estimate of drug-likeness (QED) is 0.432. The molecule has 2 aliphatic heterocycles. The van der Waals surface area contributed by atoms with Gasteiger partial charge in [-0.1, -0.05) is 24.3 Å². The van der Waals surface area contributed by atoms with Crippen molar-refractivity contribution < 1.29 is 9.47 Å². The first kappa shape index (κ1) is 12.4. The van der Waals surface area contributed by atoms with E-state index < -0.39 is 0 Å². The number of hydrogen-bond acceptors (Lipinski definition) is 4. The second-order valence-corrected chi connectivity index (χ2v) is 5.56. The molecule has 5 rings (SSSR count). The third kappa shape index (κ3) is 1.78. The van der Waals surface area contributed by atoms with E-state index in [1.165, 1.54) is 0 Å². The topological polar surface area (TPSA) is 43.2 Å². The molecule has 0 saturated heterocycles. The van der Waals surface area contributed by atoms with Gasteiger partial charge in [-0.2, -0.15) is 0 Å². The Balaban J connectivity index is 1.82. The van der Waals surface area contributed by atoms with Crippen molar-refractivity contribution in [1.82, 2.24) is 0 Å². The summed E-state index contributed by atoms with van der Waals surface area (Å²) in [7, 11) is 0. The number of fused-ring (bicyclic) bond motifs is 4. The van der Waals surface area contributed by atoms with Crippen LogP contribution in [0.2, 0.25) is 0 Å². The van der Waals surface area contributed by atoms with Crippen LogP contribution in [-0.2, 0) is 0 Å². The van der Waals surface area contributed by atoms with Gasteiger partial charge in [0, 0.05) is 11.6 Å². The Morgan fingerprint density at radius 2 is 1.39 bits per heavy atom. The molecule has 0 bridgehead atoms. The zero-order chi connectivity index (χ0) is 15.4. The molecule has 0 fully saturated rings. The fourth-order valence-corrected chi connectivity index (χ4v) is 2.92. The molecule has 0 N–H and O–H groups in total. The van der Waals surface area contributed by atoms with Crippen molar-refractivity contribution in [3.8, 4) is 23.0 Å². The van der Waals surface area contributed by atoms with Crippen molar-refractivity contribution in [2.24, 2.45) is 9.98 Å². The lowest BCUT2D eigenvalue weighted by molar-refractivity contribution is 0.447. The van der Waals surface area contributed by atoms with Gasteiger partial charge in [0.2, 0.25) is 0 Å². The molecule has 110 valence electrons. The number of rotatable bonds is 0. The molecule has 3 aromatic carbocycles. The number of hydrogen-bond donors (Lipinski definition) is 0. The van der Waals surface area contributed by atoms with Gasteiger partial charge >= 0.3 is 0 Å². The minimum Gasteiger partial charge on any atom is -0.453 e. The Hall–Kier alpha value is -3.14. The van der Waals surface area contributed by atoms with Crippen molar-refractivity contribution in [1.29, 1.82) is 0 Å². The Morgan fingerprint density at radius 1 is 0.739 bits per heavy atom. The molecule has 0 saturated carbocycles. The van der Waals surface area contributed by atoms with E-state index in [2.05, 4.69) is 4.99 Å². The first-order valence-corrected chi connectivity index (χ1v) is 7.44. The van der Waals surface area contributed by atoms with E-state index >= 15 is 0 Å². The third-order valence-corrected chi connectivity index (χ3v) is 4.07. The second kappa shape index (κ2) is 4.43. The monoisotopic (exact) mass is 300 g/mol. The molecule has 0 radical (unpaired) electrons. The van der Waals surface area contributed by atoms with Crippen LogP contribution in [0.5, 0.6) is 23.0 Å². The van der Waals surface area contributed by atoms with Gasteiger partial charge in [-0.05, 0) is 31.2 Å². The highest BCUT2D eigenvalue weighted by atomic mass is 16.5. The van der Waals surface area contributed by atoms with Crippen LogP contribution in [0.25, 0.3) is 0 Å². The predicted octanol–water partition coefficient (Wildman–Crippen LogP) is 4.11. The summed E-state index contributed by atoms with van der Waals surface area (Å²) in [5.74, 6) is 2.98. The molecule has 3 aromatic rings. The van der Waals surface area contributed by atoms with Gasteiger partial charge in [-0.15, -0.1) is 0 Å². The highest BCUT2D eigenvalue weighted by molar-refractivity contribution is 5.60. The highest BCUT2D eigenvalue weighted by Gasteiger charge is 2.21. The molecule has 4 nitrogen and oxygen atoms in total. The van der Waals surface area contributed by atoms with Crippen LogP contribution in [-0.4, -0.2) is 0 Å². The van der Waals surface area contributed by atoms with Crippen LogP contribution in [0.3, 0.4) is 0 Å². The van der Waals surface area contributed by atoms with E-state index in [1.807, 2.05) is 61.5 Å². The largest absolute Gasteiger partial charge is 0.453 e. The number of ether oxygens (including phenoxy) is 2. The lowest BCUT2D eigenvalue weighted by atomic mass is 10.1. The van der Waals surface area contributed by atoms with E-state index in [0.717, 1.165) is 44.9 Å². The molecular weight excluding hydrogens is 288 g/mol. The lowest BCUT2D eigenvalue weighted by Crippen LogP contribution is -2.22. The normalized spacial score (nSPS) is 13.1. The molecule has 0 atom stereocenters. The summed E-state index contributed by atoms with van der Waals surface area (Å²) < 4.78 is 12.1. The Bertz CT molecular complexity index is 1090. The number of benzene rings is 3. The van der Waals surface area contributed by atoms with Gasteiger partial charge < -0.3 is 9.47 Å². The molecule has 0 unspecified atom stereocenters.